The average molecular weight is 212 g/mol. The van der Waals surface area contributed by atoms with Crippen molar-refractivity contribution in [3.8, 4) is 0 Å². The predicted octanol–water partition coefficient (Wildman–Crippen LogP) is 1.14. The summed E-state index contributed by atoms with van der Waals surface area (Å²) in [5.74, 6) is -0.881. The van der Waals surface area contributed by atoms with Gasteiger partial charge in [0.15, 0.2) is 0 Å². The topological polar surface area (TPSA) is 46.3 Å². The highest BCUT2D eigenvalue weighted by Gasteiger charge is 2.32. The third kappa shape index (κ3) is 5.80. The Labute approximate surface area is 81.1 Å². The van der Waals surface area contributed by atoms with Gasteiger partial charge >= 0.3 is 6.18 Å². The van der Waals surface area contributed by atoms with Gasteiger partial charge in [0.1, 0.15) is 6.42 Å². The van der Waals surface area contributed by atoms with Crippen LogP contribution in [-0.2, 0) is 4.79 Å². The van der Waals surface area contributed by atoms with Gasteiger partial charge in [-0.3, -0.25) is 4.79 Å². The standard InChI is InChI=1S/C8H15F3N2O/c1-2-13(5-3-4-12)7(14)6-8(9,10)11/h2-6,12H2,1H3. The van der Waals surface area contributed by atoms with E-state index in [0.717, 1.165) is 0 Å². The van der Waals surface area contributed by atoms with Crippen molar-refractivity contribution in [2.45, 2.75) is 25.9 Å². The number of amides is 1. The molecular weight excluding hydrogens is 197 g/mol. The van der Waals surface area contributed by atoms with Crippen LogP contribution in [0.15, 0.2) is 0 Å². The Morgan fingerprint density at radius 2 is 2.00 bits per heavy atom. The molecule has 0 aliphatic rings. The molecule has 6 heteroatoms. The van der Waals surface area contributed by atoms with Gasteiger partial charge in [0, 0.05) is 13.1 Å². The molecule has 14 heavy (non-hydrogen) atoms. The van der Waals surface area contributed by atoms with Crippen molar-refractivity contribution < 1.29 is 18.0 Å². The Balaban J connectivity index is 4.04. The molecule has 84 valence electrons. The van der Waals surface area contributed by atoms with Gasteiger partial charge < -0.3 is 10.6 Å². The van der Waals surface area contributed by atoms with Gasteiger partial charge in [-0.1, -0.05) is 0 Å². The van der Waals surface area contributed by atoms with Gasteiger partial charge in [-0.15, -0.1) is 0 Å². The summed E-state index contributed by atoms with van der Waals surface area (Å²) < 4.78 is 35.6. The van der Waals surface area contributed by atoms with Gasteiger partial charge in [0.05, 0.1) is 0 Å². The zero-order chi connectivity index (χ0) is 11.2. The fraction of sp³-hybridized carbons (Fsp3) is 0.875. The fourth-order valence-corrected chi connectivity index (χ4v) is 1.02. The number of alkyl halides is 3. The highest BCUT2D eigenvalue weighted by atomic mass is 19.4. The summed E-state index contributed by atoms with van der Waals surface area (Å²) in [5, 5.41) is 0. The van der Waals surface area contributed by atoms with E-state index in [1.54, 1.807) is 6.92 Å². The van der Waals surface area contributed by atoms with Crippen LogP contribution >= 0.6 is 0 Å². The van der Waals surface area contributed by atoms with E-state index in [-0.39, 0.29) is 6.54 Å². The largest absolute Gasteiger partial charge is 0.397 e. The van der Waals surface area contributed by atoms with Gasteiger partial charge in [-0.05, 0) is 19.9 Å². The Hall–Kier alpha value is -0.780. The first-order chi connectivity index (χ1) is 6.40. The van der Waals surface area contributed by atoms with Crippen molar-refractivity contribution in [2.75, 3.05) is 19.6 Å². The minimum Gasteiger partial charge on any atom is -0.343 e. The molecule has 0 spiro atoms. The Kier molecular flexibility index (Phi) is 5.52. The van der Waals surface area contributed by atoms with Gasteiger partial charge in [-0.2, -0.15) is 13.2 Å². The summed E-state index contributed by atoms with van der Waals surface area (Å²) in [5.41, 5.74) is 5.20. The van der Waals surface area contributed by atoms with Crippen LogP contribution in [-0.4, -0.2) is 36.6 Å². The lowest BCUT2D eigenvalue weighted by Crippen LogP contribution is -2.35. The third-order valence-corrected chi connectivity index (χ3v) is 1.72. The maximum absolute atomic E-state index is 11.9. The third-order valence-electron chi connectivity index (χ3n) is 1.72. The van der Waals surface area contributed by atoms with E-state index in [9.17, 15) is 18.0 Å². The lowest BCUT2D eigenvalue weighted by Gasteiger charge is -2.21. The number of nitrogens with zero attached hydrogens (tertiary/aromatic N) is 1. The molecule has 0 aromatic heterocycles. The monoisotopic (exact) mass is 212 g/mol. The SMILES string of the molecule is CCN(CCCN)C(=O)CC(F)(F)F. The Bertz CT molecular complexity index is 182. The van der Waals surface area contributed by atoms with Crippen LogP contribution in [0.1, 0.15) is 19.8 Å². The summed E-state index contributed by atoms with van der Waals surface area (Å²) in [6.07, 6.45) is -5.28. The number of rotatable bonds is 5. The fourth-order valence-electron chi connectivity index (χ4n) is 1.02. The molecule has 3 nitrogen and oxygen atoms in total. The zero-order valence-electron chi connectivity index (χ0n) is 8.10. The Morgan fingerprint density at radius 1 is 1.43 bits per heavy atom. The number of halogens is 3. The van der Waals surface area contributed by atoms with Crippen molar-refractivity contribution in [3.05, 3.63) is 0 Å². The minimum atomic E-state index is -4.42. The second-order valence-electron chi connectivity index (χ2n) is 2.91. The van der Waals surface area contributed by atoms with E-state index in [1.807, 2.05) is 0 Å². The highest BCUT2D eigenvalue weighted by molar-refractivity contribution is 5.76. The van der Waals surface area contributed by atoms with E-state index in [2.05, 4.69) is 0 Å². The van der Waals surface area contributed by atoms with Gasteiger partial charge in [0.25, 0.3) is 0 Å². The van der Waals surface area contributed by atoms with E-state index in [4.69, 9.17) is 5.73 Å². The van der Waals surface area contributed by atoms with E-state index in [1.165, 1.54) is 4.90 Å². The maximum Gasteiger partial charge on any atom is 0.397 e. The molecule has 2 N–H and O–H groups in total. The molecule has 0 heterocycles. The summed E-state index contributed by atoms with van der Waals surface area (Å²) >= 11 is 0. The van der Waals surface area contributed by atoms with Crippen molar-refractivity contribution >= 4 is 5.91 Å². The molecule has 0 saturated carbocycles. The molecule has 0 unspecified atom stereocenters. The second kappa shape index (κ2) is 5.85. The van der Waals surface area contributed by atoms with E-state index >= 15 is 0 Å². The molecule has 0 aliphatic heterocycles. The quantitative estimate of drug-likeness (QED) is 0.742. The van der Waals surface area contributed by atoms with Crippen LogP contribution < -0.4 is 5.73 Å². The lowest BCUT2D eigenvalue weighted by molar-refractivity contribution is -0.161. The van der Waals surface area contributed by atoms with Crippen LogP contribution in [0.3, 0.4) is 0 Å². The normalized spacial score (nSPS) is 11.5. The number of nitrogens with two attached hydrogens (primary N) is 1. The number of hydrogen-bond acceptors (Lipinski definition) is 2. The van der Waals surface area contributed by atoms with Crippen LogP contribution in [0.4, 0.5) is 13.2 Å². The molecule has 0 radical (unpaired) electrons. The number of carbonyl (C=O) groups is 1. The van der Waals surface area contributed by atoms with Crippen LogP contribution in [0.2, 0.25) is 0 Å². The molecule has 0 rings (SSSR count). The van der Waals surface area contributed by atoms with Crippen molar-refractivity contribution in [1.29, 1.82) is 0 Å². The summed E-state index contributed by atoms with van der Waals surface area (Å²) in [6, 6.07) is 0. The minimum absolute atomic E-state index is 0.287. The highest BCUT2D eigenvalue weighted by Crippen LogP contribution is 2.20. The molecule has 0 aromatic carbocycles. The van der Waals surface area contributed by atoms with E-state index < -0.39 is 18.5 Å². The molecule has 0 aliphatic carbocycles. The molecule has 1 amide bonds. The van der Waals surface area contributed by atoms with Crippen LogP contribution in [0.5, 0.6) is 0 Å². The van der Waals surface area contributed by atoms with E-state index in [0.29, 0.717) is 19.5 Å². The van der Waals surface area contributed by atoms with Crippen molar-refractivity contribution in [1.82, 2.24) is 4.90 Å². The first-order valence-electron chi connectivity index (χ1n) is 4.45. The molecule has 0 bridgehead atoms. The summed E-state index contributed by atoms with van der Waals surface area (Å²) in [4.78, 5) is 12.2. The lowest BCUT2D eigenvalue weighted by atomic mass is 10.3. The molecule has 0 fully saturated rings. The molecule has 0 aromatic rings. The van der Waals surface area contributed by atoms with Gasteiger partial charge in [0.2, 0.25) is 5.91 Å². The smallest absolute Gasteiger partial charge is 0.343 e. The predicted molar refractivity (Wildman–Crippen MR) is 46.6 cm³/mol. The van der Waals surface area contributed by atoms with Gasteiger partial charge in [-0.25, -0.2) is 0 Å². The molecule has 0 saturated heterocycles. The average Bonchev–Trinajstić information content (AvgIpc) is 2.02. The number of carbonyl (C=O) groups excluding carboxylic acids is 1. The maximum atomic E-state index is 11.9. The number of hydrogen-bond donors (Lipinski definition) is 1. The molecule has 0 atom stereocenters. The first-order valence-corrected chi connectivity index (χ1v) is 4.45. The first kappa shape index (κ1) is 13.2. The summed E-state index contributed by atoms with van der Waals surface area (Å²) in [6.45, 7) is 2.59. The zero-order valence-corrected chi connectivity index (χ0v) is 8.10. The Morgan fingerprint density at radius 3 is 2.36 bits per heavy atom. The van der Waals surface area contributed by atoms with Crippen LogP contribution in [0, 0.1) is 0 Å². The van der Waals surface area contributed by atoms with Crippen molar-refractivity contribution in [3.63, 3.8) is 0 Å². The second-order valence-corrected chi connectivity index (χ2v) is 2.91. The van der Waals surface area contributed by atoms with Crippen LogP contribution in [0.25, 0.3) is 0 Å². The summed E-state index contributed by atoms with van der Waals surface area (Å²) in [7, 11) is 0. The molecular formula is C8H15F3N2O. The van der Waals surface area contributed by atoms with Crippen molar-refractivity contribution in [2.24, 2.45) is 5.73 Å².